The first-order valence-corrected chi connectivity index (χ1v) is 10.6. The van der Waals surface area contributed by atoms with E-state index < -0.39 is 4.92 Å². The summed E-state index contributed by atoms with van der Waals surface area (Å²) in [5, 5.41) is 15.6. The van der Waals surface area contributed by atoms with Crippen LogP contribution in [0.2, 0.25) is 0 Å². The number of ether oxygens (including phenoxy) is 1. The number of nitrogens with one attached hydrogen (secondary N) is 1. The van der Waals surface area contributed by atoms with E-state index in [1.807, 2.05) is 55.5 Å². The maximum Gasteiger partial charge on any atom is 0.281 e. The summed E-state index contributed by atoms with van der Waals surface area (Å²) >= 11 is 1.25. The number of carbonyl (C=O) groups excluding carboxylic acids is 1. The first-order chi connectivity index (χ1) is 15.5. The lowest BCUT2D eigenvalue weighted by Crippen LogP contribution is -2.16. The maximum absolute atomic E-state index is 12.5. The zero-order valence-corrected chi connectivity index (χ0v) is 18.0. The molecule has 0 unspecified atom stereocenters. The zero-order valence-electron chi connectivity index (χ0n) is 17.1. The molecule has 160 valence electrons. The third-order valence-corrected chi connectivity index (χ3v) is 5.85. The molecule has 0 spiro atoms. The molecule has 1 N–H and O–H groups in total. The summed E-state index contributed by atoms with van der Waals surface area (Å²) in [6.45, 7) is 2.46. The van der Waals surface area contributed by atoms with E-state index in [1.165, 1.54) is 35.2 Å². The number of nitro groups is 1. The summed E-state index contributed by atoms with van der Waals surface area (Å²) < 4.78 is 6.71. The molecule has 4 aromatic rings. The minimum atomic E-state index is -0.459. The van der Waals surface area contributed by atoms with Gasteiger partial charge < -0.3 is 4.74 Å². The lowest BCUT2D eigenvalue weighted by atomic mass is 10.1. The minimum absolute atomic E-state index is 0.0116. The second-order valence-electron chi connectivity index (χ2n) is 7.10. The monoisotopic (exact) mass is 445 g/mol. The predicted octanol–water partition coefficient (Wildman–Crippen LogP) is 5.46. The maximum atomic E-state index is 12.5. The highest BCUT2D eigenvalue weighted by Crippen LogP contribution is 2.29. The van der Waals surface area contributed by atoms with Gasteiger partial charge in [-0.15, -0.1) is 11.3 Å². The Labute approximate surface area is 188 Å². The number of thiophene rings is 1. The summed E-state index contributed by atoms with van der Waals surface area (Å²) in [7, 11) is 0. The summed E-state index contributed by atoms with van der Waals surface area (Å²) in [6.07, 6.45) is 1.53. The molecule has 0 bridgehead atoms. The van der Waals surface area contributed by atoms with Gasteiger partial charge in [-0.05, 0) is 36.8 Å². The van der Waals surface area contributed by atoms with E-state index in [0.29, 0.717) is 22.6 Å². The molecule has 0 atom stereocenters. The van der Waals surface area contributed by atoms with E-state index in [2.05, 4.69) is 10.5 Å². The van der Waals surface area contributed by atoms with Crippen LogP contribution >= 0.6 is 11.3 Å². The molecule has 0 aliphatic carbocycles. The molecule has 0 aliphatic heterocycles. The lowest BCUT2D eigenvalue weighted by Gasteiger charge is -2.09. The van der Waals surface area contributed by atoms with Gasteiger partial charge in [-0.1, -0.05) is 42.0 Å². The average Bonchev–Trinajstić information content (AvgIpc) is 3.23. The van der Waals surface area contributed by atoms with Crippen molar-refractivity contribution in [2.75, 3.05) is 0 Å². The van der Waals surface area contributed by atoms with Crippen LogP contribution in [-0.2, 0) is 6.61 Å². The summed E-state index contributed by atoms with van der Waals surface area (Å²) in [6, 6.07) is 21.7. The molecule has 7 nitrogen and oxygen atoms in total. The van der Waals surface area contributed by atoms with Crippen molar-refractivity contribution in [2.45, 2.75) is 13.5 Å². The first kappa shape index (κ1) is 21.2. The van der Waals surface area contributed by atoms with Gasteiger partial charge in [0, 0.05) is 27.8 Å². The van der Waals surface area contributed by atoms with Crippen LogP contribution in [0.15, 0.2) is 77.9 Å². The number of benzene rings is 3. The fourth-order valence-corrected chi connectivity index (χ4v) is 3.97. The number of hydrazone groups is 1. The Morgan fingerprint density at radius 2 is 1.91 bits per heavy atom. The summed E-state index contributed by atoms with van der Waals surface area (Å²) in [5.74, 6) is 0.267. The molecule has 0 radical (unpaired) electrons. The number of hydrogen-bond acceptors (Lipinski definition) is 6. The van der Waals surface area contributed by atoms with Crippen LogP contribution in [0.5, 0.6) is 5.75 Å². The van der Waals surface area contributed by atoms with Crippen LogP contribution in [0.1, 0.15) is 26.4 Å². The van der Waals surface area contributed by atoms with E-state index in [-0.39, 0.29) is 11.6 Å². The fourth-order valence-electron chi connectivity index (χ4n) is 3.04. The smallest absolute Gasteiger partial charge is 0.281 e. The van der Waals surface area contributed by atoms with Crippen molar-refractivity contribution < 1.29 is 14.5 Å². The van der Waals surface area contributed by atoms with Gasteiger partial charge in [-0.3, -0.25) is 14.9 Å². The van der Waals surface area contributed by atoms with Gasteiger partial charge in [-0.2, -0.15) is 5.10 Å². The van der Waals surface area contributed by atoms with Crippen LogP contribution in [0.3, 0.4) is 0 Å². The molecule has 3 aromatic carbocycles. The van der Waals surface area contributed by atoms with Crippen molar-refractivity contribution in [3.05, 3.63) is 104 Å². The summed E-state index contributed by atoms with van der Waals surface area (Å²) in [4.78, 5) is 23.4. The predicted molar refractivity (Wildman–Crippen MR) is 125 cm³/mol. The van der Waals surface area contributed by atoms with E-state index >= 15 is 0 Å². The van der Waals surface area contributed by atoms with Crippen LogP contribution in [0.4, 0.5) is 5.69 Å². The van der Waals surface area contributed by atoms with Gasteiger partial charge in [0.1, 0.15) is 12.4 Å². The standard InChI is InChI=1S/C24H19N3O4S/c1-16-6-8-17(9-7-16)15-31-21-5-3-2-4-18(21)14-25-26-24(28)23-13-19-12-20(27(29)30)10-11-22(19)32-23/h2-14H,15H2,1H3,(H,26,28). The number of fused-ring (bicyclic) bond motifs is 1. The normalized spacial score (nSPS) is 11.0. The SMILES string of the molecule is Cc1ccc(COc2ccccc2C=NNC(=O)c2cc3cc([N+](=O)[O-])ccc3s2)cc1. The Morgan fingerprint density at radius 1 is 1.12 bits per heavy atom. The van der Waals surface area contributed by atoms with Crippen molar-refractivity contribution in [2.24, 2.45) is 5.10 Å². The second-order valence-corrected chi connectivity index (χ2v) is 8.18. The highest BCUT2D eigenvalue weighted by Gasteiger charge is 2.13. The molecule has 1 heterocycles. The minimum Gasteiger partial charge on any atom is -0.488 e. The van der Waals surface area contributed by atoms with Crippen molar-refractivity contribution in [3.8, 4) is 5.75 Å². The molecule has 1 aromatic heterocycles. The number of rotatable bonds is 7. The molecule has 1 amide bonds. The molecule has 8 heteroatoms. The average molecular weight is 446 g/mol. The number of aryl methyl sites for hydroxylation is 1. The molecule has 0 fully saturated rings. The third-order valence-electron chi connectivity index (χ3n) is 4.74. The number of amides is 1. The topological polar surface area (TPSA) is 93.8 Å². The molecule has 32 heavy (non-hydrogen) atoms. The van der Waals surface area contributed by atoms with Gasteiger partial charge in [0.2, 0.25) is 0 Å². The van der Waals surface area contributed by atoms with E-state index in [0.717, 1.165) is 15.8 Å². The number of non-ortho nitro benzene ring substituents is 1. The largest absolute Gasteiger partial charge is 0.488 e. The quantitative estimate of drug-likeness (QED) is 0.232. The van der Waals surface area contributed by atoms with E-state index in [1.54, 1.807) is 12.1 Å². The number of carbonyl (C=O) groups is 1. The Balaban J connectivity index is 1.42. The number of para-hydroxylation sites is 1. The van der Waals surface area contributed by atoms with Gasteiger partial charge in [0.25, 0.3) is 11.6 Å². The van der Waals surface area contributed by atoms with Crippen molar-refractivity contribution in [1.82, 2.24) is 5.43 Å². The van der Waals surface area contributed by atoms with Gasteiger partial charge in [0.05, 0.1) is 16.0 Å². The van der Waals surface area contributed by atoms with Gasteiger partial charge >= 0.3 is 0 Å². The third kappa shape index (κ3) is 4.98. The lowest BCUT2D eigenvalue weighted by molar-refractivity contribution is -0.384. The van der Waals surface area contributed by atoms with Crippen LogP contribution in [0.25, 0.3) is 10.1 Å². The zero-order chi connectivity index (χ0) is 22.5. The van der Waals surface area contributed by atoms with Crippen LogP contribution in [0, 0.1) is 17.0 Å². The van der Waals surface area contributed by atoms with Gasteiger partial charge in [0.15, 0.2) is 0 Å². The number of hydrogen-bond donors (Lipinski definition) is 1. The second kappa shape index (κ2) is 9.40. The van der Waals surface area contributed by atoms with Crippen molar-refractivity contribution in [1.29, 1.82) is 0 Å². The Hall–Kier alpha value is -4.04. The van der Waals surface area contributed by atoms with E-state index in [9.17, 15) is 14.9 Å². The van der Waals surface area contributed by atoms with Gasteiger partial charge in [-0.25, -0.2) is 5.43 Å². The molecule has 0 aliphatic rings. The van der Waals surface area contributed by atoms with E-state index in [4.69, 9.17) is 4.74 Å². The Bertz CT molecular complexity index is 1310. The first-order valence-electron chi connectivity index (χ1n) is 9.78. The molecule has 4 rings (SSSR count). The number of nitro benzene ring substituents is 1. The Kier molecular flexibility index (Phi) is 6.23. The Morgan fingerprint density at radius 3 is 2.69 bits per heavy atom. The number of nitrogens with zero attached hydrogens (tertiary/aromatic N) is 2. The molecular formula is C24H19N3O4S. The van der Waals surface area contributed by atoms with Crippen molar-refractivity contribution >= 4 is 39.2 Å². The molecular weight excluding hydrogens is 426 g/mol. The fraction of sp³-hybridized carbons (Fsp3) is 0.0833. The summed E-state index contributed by atoms with van der Waals surface area (Å²) in [5.41, 5.74) is 5.47. The molecule has 0 saturated carbocycles. The highest BCUT2D eigenvalue weighted by molar-refractivity contribution is 7.20. The van der Waals surface area contributed by atoms with Crippen molar-refractivity contribution in [3.63, 3.8) is 0 Å². The highest BCUT2D eigenvalue weighted by atomic mass is 32.1. The molecule has 0 saturated heterocycles. The van der Waals surface area contributed by atoms with Crippen LogP contribution in [-0.4, -0.2) is 17.0 Å². The van der Waals surface area contributed by atoms with Crippen LogP contribution < -0.4 is 10.2 Å².